The number of ketones is 1. The molecule has 0 N–H and O–H groups in total. The Kier molecular flexibility index (Phi) is 4.40. The number of ether oxygens (including phenoxy) is 1. The van der Waals surface area contributed by atoms with Crippen molar-refractivity contribution in [2.24, 2.45) is 5.41 Å². The molecule has 1 aliphatic heterocycles. The molecule has 19 heavy (non-hydrogen) atoms. The van der Waals surface area contributed by atoms with Crippen LogP contribution in [0.1, 0.15) is 39.0 Å². The monoisotopic (exact) mass is 265 g/mol. The molecule has 106 valence electrons. The van der Waals surface area contributed by atoms with Gasteiger partial charge in [-0.15, -0.1) is 0 Å². The van der Waals surface area contributed by atoms with Gasteiger partial charge < -0.3 is 9.64 Å². The van der Waals surface area contributed by atoms with Crippen molar-refractivity contribution in [3.63, 3.8) is 0 Å². The zero-order valence-electron chi connectivity index (χ0n) is 11.9. The average Bonchev–Trinajstić information content (AvgIpc) is 2.88. The molecule has 1 aliphatic carbocycles. The molecule has 1 saturated heterocycles. The maximum Gasteiger partial charge on any atom is 0.232 e. The molecule has 0 aromatic rings. The van der Waals surface area contributed by atoms with E-state index in [1.165, 1.54) is 0 Å². The number of allylic oxidation sites excluding steroid dienone is 1. The normalized spacial score (nSPS) is 30.9. The maximum absolute atomic E-state index is 12.9. The van der Waals surface area contributed by atoms with Crippen LogP contribution in [0.5, 0.6) is 0 Å². The number of carbonyl (C=O) groups excluding carboxylic acids is 2. The van der Waals surface area contributed by atoms with Crippen molar-refractivity contribution in [3.8, 4) is 0 Å². The van der Waals surface area contributed by atoms with Gasteiger partial charge in [0.15, 0.2) is 5.78 Å². The molecule has 0 unspecified atom stereocenters. The van der Waals surface area contributed by atoms with Gasteiger partial charge in [-0.25, -0.2) is 0 Å². The minimum Gasteiger partial charge on any atom is -0.383 e. The van der Waals surface area contributed by atoms with Gasteiger partial charge in [0.2, 0.25) is 5.91 Å². The minimum absolute atomic E-state index is 0.131. The topological polar surface area (TPSA) is 46.6 Å². The van der Waals surface area contributed by atoms with Gasteiger partial charge in [0.05, 0.1) is 18.1 Å². The molecule has 2 rings (SSSR count). The largest absolute Gasteiger partial charge is 0.383 e. The van der Waals surface area contributed by atoms with E-state index in [0.29, 0.717) is 19.4 Å². The number of carbonyl (C=O) groups is 2. The predicted octanol–water partition coefficient (Wildman–Crippen LogP) is 1.94. The molecule has 1 amide bonds. The first-order chi connectivity index (χ1) is 9.13. The number of rotatable bonds is 4. The summed E-state index contributed by atoms with van der Waals surface area (Å²) in [4.78, 5) is 26.2. The molecule has 0 aromatic heterocycles. The predicted molar refractivity (Wildman–Crippen MR) is 72.7 cm³/mol. The van der Waals surface area contributed by atoms with Gasteiger partial charge in [-0.2, -0.15) is 0 Å². The first kappa shape index (κ1) is 14.3. The standard InChI is InChI=1S/C15H23NO3/c1-3-15(8-6-13(17)7-9-15)14(18)16-10-4-5-12(16)11-19-2/h6,8,12H,3-5,7,9-11H2,1-2H3/t12-,15+/m0/s1. The van der Waals surface area contributed by atoms with Crippen LogP contribution >= 0.6 is 0 Å². The second-order valence-electron chi connectivity index (χ2n) is 5.56. The summed E-state index contributed by atoms with van der Waals surface area (Å²) >= 11 is 0. The number of hydrogen-bond donors (Lipinski definition) is 0. The summed E-state index contributed by atoms with van der Waals surface area (Å²) in [6.07, 6.45) is 7.37. The third-order valence-corrected chi connectivity index (χ3v) is 4.46. The van der Waals surface area contributed by atoms with Crippen molar-refractivity contribution in [2.75, 3.05) is 20.3 Å². The van der Waals surface area contributed by atoms with E-state index in [1.54, 1.807) is 13.2 Å². The van der Waals surface area contributed by atoms with Crippen molar-refractivity contribution in [1.82, 2.24) is 4.90 Å². The molecule has 1 fully saturated rings. The summed E-state index contributed by atoms with van der Waals surface area (Å²) < 4.78 is 5.21. The van der Waals surface area contributed by atoms with Gasteiger partial charge in [-0.3, -0.25) is 9.59 Å². The van der Waals surface area contributed by atoms with Crippen molar-refractivity contribution < 1.29 is 14.3 Å². The Morgan fingerprint density at radius 3 is 2.95 bits per heavy atom. The fourth-order valence-corrected chi connectivity index (χ4v) is 3.14. The molecule has 1 heterocycles. The average molecular weight is 265 g/mol. The van der Waals surface area contributed by atoms with E-state index in [-0.39, 0.29) is 17.7 Å². The fourth-order valence-electron chi connectivity index (χ4n) is 3.14. The van der Waals surface area contributed by atoms with Gasteiger partial charge in [0.25, 0.3) is 0 Å². The fraction of sp³-hybridized carbons (Fsp3) is 0.733. The number of amides is 1. The molecule has 0 bridgehead atoms. The van der Waals surface area contributed by atoms with Crippen molar-refractivity contribution in [2.45, 2.75) is 45.1 Å². The quantitative estimate of drug-likeness (QED) is 0.780. The lowest BCUT2D eigenvalue weighted by molar-refractivity contribution is -0.142. The molecular formula is C15H23NO3. The number of likely N-dealkylation sites (tertiary alicyclic amines) is 1. The SMILES string of the molecule is CC[C@@]1(C(=O)N2CCC[C@H]2COC)C=CC(=O)CC1. The molecule has 2 aliphatic rings. The second-order valence-corrected chi connectivity index (χ2v) is 5.56. The molecule has 4 heteroatoms. The Morgan fingerprint density at radius 2 is 2.37 bits per heavy atom. The lowest BCUT2D eigenvalue weighted by Crippen LogP contribution is -2.47. The zero-order chi connectivity index (χ0) is 13.9. The van der Waals surface area contributed by atoms with E-state index in [2.05, 4.69) is 0 Å². The maximum atomic E-state index is 12.9. The highest BCUT2D eigenvalue weighted by Gasteiger charge is 2.42. The van der Waals surface area contributed by atoms with Crippen molar-refractivity contribution >= 4 is 11.7 Å². The van der Waals surface area contributed by atoms with Crippen LogP contribution in [-0.2, 0) is 14.3 Å². The number of hydrogen-bond acceptors (Lipinski definition) is 3. The van der Waals surface area contributed by atoms with Gasteiger partial charge in [-0.05, 0) is 31.8 Å². The smallest absolute Gasteiger partial charge is 0.232 e. The first-order valence-electron chi connectivity index (χ1n) is 7.15. The lowest BCUT2D eigenvalue weighted by atomic mass is 9.75. The number of nitrogens with zero attached hydrogens (tertiary/aromatic N) is 1. The van der Waals surface area contributed by atoms with Gasteiger partial charge >= 0.3 is 0 Å². The Hall–Kier alpha value is -1.16. The summed E-state index contributed by atoms with van der Waals surface area (Å²) in [7, 11) is 1.68. The molecule has 0 spiro atoms. The van der Waals surface area contributed by atoms with Crippen LogP contribution in [0, 0.1) is 5.41 Å². The first-order valence-corrected chi connectivity index (χ1v) is 7.15. The van der Waals surface area contributed by atoms with E-state index in [4.69, 9.17) is 4.74 Å². The van der Waals surface area contributed by atoms with Crippen LogP contribution < -0.4 is 0 Å². The summed E-state index contributed by atoms with van der Waals surface area (Å²) in [5, 5.41) is 0. The Labute approximate surface area is 114 Å². The second kappa shape index (κ2) is 5.87. The highest BCUT2D eigenvalue weighted by molar-refractivity contribution is 5.95. The summed E-state index contributed by atoms with van der Waals surface area (Å²) in [5.41, 5.74) is -0.468. The van der Waals surface area contributed by atoms with E-state index in [0.717, 1.165) is 25.8 Å². The molecule has 0 radical (unpaired) electrons. The third-order valence-electron chi connectivity index (χ3n) is 4.46. The summed E-state index contributed by atoms with van der Waals surface area (Å²) in [6, 6.07) is 0.201. The van der Waals surface area contributed by atoms with Gasteiger partial charge in [0.1, 0.15) is 0 Å². The van der Waals surface area contributed by atoms with E-state index in [9.17, 15) is 9.59 Å². The Morgan fingerprint density at radius 1 is 1.58 bits per heavy atom. The van der Waals surface area contributed by atoms with Gasteiger partial charge in [0, 0.05) is 20.1 Å². The minimum atomic E-state index is -0.468. The van der Waals surface area contributed by atoms with Gasteiger partial charge in [-0.1, -0.05) is 13.0 Å². The molecule has 0 saturated carbocycles. The number of methoxy groups -OCH3 is 1. The molecular weight excluding hydrogens is 242 g/mol. The molecule has 4 nitrogen and oxygen atoms in total. The van der Waals surface area contributed by atoms with Crippen LogP contribution in [0.15, 0.2) is 12.2 Å². The van der Waals surface area contributed by atoms with Crippen LogP contribution in [0.4, 0.5) is 0 Å². The van der Waals surface area contributed by atoms with E-state index in [1.807, 2.05) is 17.9 Å². The molecule has 0 aromatic carbocycles. The Balaban J connectivity index is 2.17. The van der Waals surface area contributed by atoms with E-state index >= 15 is 0 Å². The van der Waals surface area contributed by atoms with E-state index < -0.39 is 5.41 Å². The van der Waals surface area contributed by atoms with Crippen LogP contribution in [0.25, 0.3) is 0 Å². The van der Waals surface area contributed by atoms with Crippen molar-refractivity contribution in [1.29, 1.82) is 0 Å². The van der Waals surface area contributed by atoms with Crippen LogP contribution in [0.3, 0.4) is 0 Å². The zero-order valence-corrected chi connectivity index (χ0v) is 11.9. The highest BCUT2D eigenvalue weighted by atomic mass is 16.5. The third kappa shape index (κ3) is 2.73. The van der Waals surface area contributed by atoms with Crippen molar-refractivity contribution in [3.05, 3.63) is 12.2 Å². The highest BCUT2D eigenvalue weighted by Crippen LogP contribution is 2.37. The Bertz CT molecular complexity index is 391. The van der Waals surface area contributed by atoms with Crippen LogP contribution in [0.2, 0.25) is 0 Å². The molecule has 2 atom stereocenters. The van der Waals surface area contributed by atoms with Crippen LogP contribution in [-0.4, -0.2) is 42.9 Å². The lowest BCUT2D eigenvalue weighted by Gasteiger charge is -2.36. The summed E-state index contributed by atoms with van der Waals surface area (Å²) in [6.45, 7) is 3.45. The summed E-state index contributed by atoms with van der Waals surface area (Å²) in [5.74, 6) is 0.310.